The molecule has 0 fully saturated rings. The predicted octanol–water partition coefficient (Wildman–Crippen LogP) is 5.00. The van der Waals surface area contributed by atoms with Gasteiger partial charge in [0.2, 0.25) is 0 Å². The van der Waals surface area contributed by atoms with Crippen molar-refractivity contribution >= 4 is 5.78 Å². The molecule has 114 valence electrons. The smallest absolute Gasteiger partial charge is 0.132 e. The normalized spacial score (nSPS) is 10.8. The van der Waals surface area contributed by atoms with E-state index in [0.29, 0.717) is 5.78 Å². The fraction of sp³-hybridized carbons (Fsp3) is 0.941. The Morgan fingerprint density at radius 2 is 1.11 bits per heavy atom. The first-order valence-corrected chi connectivity index (χ1v) is 8.53. The van der Waals surface area contributed by atoms with Crippen molar-refractivity contribution < 1.29 is 4.79 Å². The molecule has 0 saturated carbocycles. The van der Waals surface area contributed by atoms with Crippen LogP contribution in [-0.2, 0) is 4.79 Å². The highest BCUT2D eigenvalue weighted by atomic mass is 16.1. The summed E-state index contributed by atoms with van der Waals surface area (Å²) in [7, 11) is 0. The third kappa shape index (κ3) is 15.6. The number of carbonyl (C=O) groups is 1. The second-order valence-electron chi connectivity index (χ2n) is 5.72. The Balaban J connectivity index is 3.12. The molecule has 0 amide bonds. The highest BCUT2D eigenvalue weighted by molar-refractivity contribution is 5.78. The quantitative estimate of drug-likeness (QED) is 0.425. The molecule has 19 heavy (non-hydrogen) atoms. The fourth-order valence-corrected chi connectivity index (χ4v) is 2.40. The number of ketones is 1. The van der Waals surface area contributed by atoms with E-state index >= 15 is 0 Å². The van der Waals surface area contributed by atoms with E-state index in [1.54, 1.807) is 0 Å². The van der Waals surface area contributed by atoms with Crippen molar-refractivity contribution in [2.75, 3.05) is 6.54 Å². The van der Waals surface area contributed by atoms with Gasteiger partial charge in [0.05, 0.1) is 0 Å². The molecule has 2 heteroatoms. The summed E-state index contributed by atoms with van der Waals surface area (Å²) in [4.78, 5) is 11.6. The van der Waals surface area contributed by atoms with Crippen LogP contribution in [0.25, 0.3) is 0 Å². The van der Waals surface area contributed by atoms with E-state index in [0.717, 1.165) is 38.6 Å². The first-order valence-electron chi connectivity index (χ1n) is 8.53. The summed E-state index contributed by atoms with van der Waals surface area (Å²) in [5.74, 6) is 0.471. The summed E-state index contributed by atoms with van der Waals surface area (Å²) in [6.45, 7) is 3.04. The molecule has 2 nitrogen and oxygen atoms in total. The summed E-state index contributed by atoms with van der Waals surface area (Å²) in [5, 5.41) is 0. The third-order valence-electron chi connectivity index (χ3n) is 3.72. The molecule has 0 unspecified atom stereocenters. The van der Waals surface area contributed by atoms with E-state index in [9.17, 15) is 4.79 Å². The molecule has 0 rings (SSSR count). The molecule has 0 aromatic carbocycles. The Kier molecular flexibility index (Phi) is 15.4. The number of carbonyl (C=O) groups excluding carboxylic acids is 1. The number of rotatable bonds is 15. The van der Waals surface area contributed by atoms with Crippen molar-refractivity contribution in [3.8, 4) is 0 Å². The number of hydrogen-bond donors (Lipinski definition) is 1. The minimum Gasteiger partial charge on any atom is -0.330 e. The zero-order valence-electron chi connectivity index (χ0n) is 13.1. The van der Waals surface area contributed by atoms with Crippen LogP contribution in [0.2, 0.25) is 0 Å². The molecule has 0 saturated heterocycles. The zero-order valence-corrected chi connectivity index (χ0v) is 13.1. The predicted molar refractivity (Wildman–Crippen MR) is 84.4 cm³/mol. The van der Waals surface area contributed by atoms with Crippen molar-refractivity contribution in [1.29, 1.82) is 0 Å². The fourth-order valence-electron chi connectivity index (χ4n) is 2.40. The van der Waals surface area contributed by atoms with Crippen LogP contribution in [0.1, 0.15) is 96.8 Å². The molecule has 0 aromatic rings. The molecule has 0 bridgehead atoms. The van der Waals surface area contributed by atoms with Crippen molar-refractivity contribution in [2.24, 2.45) is 5.73 Å². The van der Waals surface area contributed by atoms with Gasteiger partial charge >= 0.3 is 0 Å². The van der Waals surface area contributed by atoms with E-state index in [4.69, 9.17) is 5.73 Å². The van der Waals surface area contributed by atoms with Crippen molar-refractivity contribution in [2.45, 2.75) is 96.8 Å². The second-order valence-corrected chi connectivity index (χ2v) is 5.72. The molecule has 0 aliphatic heterocycles. The summed E-state index contributed by atoms with van der Waals surface area (Å²) in [6, 6.07) is 0. The topological polar surface area (TPSA) is 43.1 Å². The van der Waals surface area contributed by atoms with E-state index in [-0.39, 0.29) is 0 Å². The van der Waals surface area contributed by atoms with Crippen molar-refractivity contribution in [3.63, 3.8) is 0 Å². The SMILES string of the molecule is CCCCCCCCCCC(=O)CCCCCCN. The van der Waals surface area contributed by atoms with Gasteiger partial charge in [-0.2, -0.15) is 0 Å². The summed E-state index contributed by atoms with van der Waals surface area (Å²) in [6.07, 6.45) is 16.6. The van der Waals surface area contributed by atoms with E-state index in [1.807, 2.05) is 0 Å². The minimum absolute atomic E-state index is 0.471. The van der Waals surface area contributed by atoms with Gasteiger partial charge in [0.15, 0.2) is 0 Å². The zero-order chi connectivity index (χ0) is 14.2. The first-order chi connectivity index (χ1) is 9.31. The van der Waals surface area contributed by atoms with Crippen LogP contribution in [0.5, 0.6) is 0 Å². The highest BCUT2D eigenvalue weighted by Gasteiger charge is 2.01. The van der Waals surface area contributed by atoms with Gasteiger partial charge in [0.25, 0.3) is 0 Å². The van der Waals surface area contributed by atoms with Crippen LogP contribution in [0.4, 0.5) is 0 Å². The van der Waals surface area contributed by atoms with Gasteiger partial charge in [-0.05, 0) is 25.8 Å². The number of Topliss-reactive ketones (excluding diaryl/α,β-unsaturated/α-hetero) is 1. The summed E-state index contributed by atoms with van der Waals surface area (Å²) < 4.78 is 0. The first kappa shape index (κ1) is 18.6. The highest BCUT2D eigenvalue weighted by Crippen LogP contribution is 2.11. The van der Waals surface area contributed by atoms with Crippen molar-refractivity contribution in [1.82, 2.24) is 0 Å². The standard InChI is InChI=1S/C17H35NO/c1-2-3-4-5-6-7-8-11-14-17(19)15-12-9-10-13-16-18/h2-16,18H2,1H3. The monoisotopic (exact) mass is 269 g/mol. The minimum atomic E-state index is 0.471. The maximum Gasteiger partial charge on any atom is 0.132 e. The van der Waals surface area contributed by atoms with Crippen LogP contribution in [0.3, 0.4) is 0 Å². The molecule has 0 heterocycles. The number of unbranched alkanes of at least 4 members (excludes halogenated alkanes) is 10. The van der Waals surface area contributed by atoms with Gasteiger partial charge in [-0.25, -0.2) is 0 Å². The van der Waals surface area contributed by atoms with Crippen molar-refractivity contribution in [3.05, 3.63) is 0 Å². The van der Waals surface area contributed by atoms with Crippen LogP contribution >= 0.6 is 0 Å². The maximum absolute atomic E-state index is 11.6. The lowest BCUT2D eigenvalue weighted by atomic mass is 10.0. The Bertz CT molecular complexity index is 192. The molecule has 2 N–H and O–H groups in total. The lowest BCUT2D eigenvalue weighted by Crippen LogP contribution is -2.00. The molecular formula is C17H35NO. The van der Waals surface area contributed by atoms with Crippen LogP contribution in [0, 0.1) is 0 Å². The molecule has 0 atom stereocenters. The van der Waals surface area contributed by atoms with Crippen LogP contribution in [0.15, 0.2) is 0 Å². The molecule has 0 aromatic heterocycles. The number of nitrogens with two attached hydrogens (primary N) is 1. The lowest BCUT2D eigenvalue weighted by Gasteiger charge is -2.02. The molecule has 0 spiro atoms. The Morgan fingerprint density at radius 3 is 1.58 bits per heavy atom. The summed E-state index contributed by atoms with van der Waals surface area (Å²) in [5.41, 5.74) is 5.44. The Labute approximate surface area is 120 Å². The van der Waals surface area contributed by atoms with Crippen LogP contribution < -0.4 is 5.73 Å². The largest absolute Gasteiger partial charge is 0.330 e. The second kappa shape index (κ2) is 15.7. The average molecular weight is 269 g/mol. The van der Waals surface area contributed by atoms with Gasteiger partial charge in [0, 0.05) is 12.8 Å². The molecule has 0 radical (unpaired) electrons. The summed E-state index contributed by atoms with van der Waals surface area (Å²) >= 11 is 0. The van der Waals surface area contributed by atoms with Crippen LogP contribution in [-0.4, -0.2) is 12.3 Å². The third-order valence-corrected chi connectivity index (χ3v) is 3.72. The molecule has 0 aliphatic carbocycles. The molecule has 0 aliphatic rings. The van der Waals surface area contributed by atoms with Gasteiger partial charge in [0.1, 0.15) is 5.78 Å². The Morgan fingerprint density at radius 1 is 0.684 bits per heavy atom. The Hall–Kier alpha value is -0.370. The van der Waals surface area contributed by atoms with Gasteiger partial charge < -0.3 is 5.73 Å². The van der Waals surface area contributed by atoms with E-state index in [1.165, 1.54) is 57.8 Å². The average Bonchev–Trinajstić information content (AvgIpc) is 2.41. The van der Waals surface area contributed by atoms with E-state index in [2.05, 4.69) is 6.92 Å². The van der Waals surface area contributed by atoms with Gasteiger partial charge in [-0.15, -0.1) is 0 Å². The van der Waals surface area contributed by atoms with Gasteiger partial charge in [-0.1, -0.05) is 64.7 Å². The maximum atomic E-state index is 11.6. The van der Waals surface area contributed by atoms with Gasteiger partial charge in [-0.3, -0.25) is 4.79 Å². The molecular weight excluding hydrogens is 234 g/mol. The van der Waals surface area contributed by atoms with E-state index < -0.39 is 0 Å². The lowest BCUT2D eigenvalue weighted by molar-refractivity contribution is -0.119. The number of hydrogen-bond acceptors (Lipinski definition) is 2.